The van der Waals surface area contributed by atoms with Crippen LogP contribution in [-0.2, 0) is 0 Å². The summed E-state index contributed by atoms with van der Waals surface area (Å²) in [5.41, 5.74) is 0.776. The summed E-state index contributed by atoms with van der Waals surface area (Å²) in [4.78, 5) is 3.94. The lowest BCUT2D eigenvalue weighted by Gasteiger charge is -2.04. The highest BCUT2D eigenvalue weighted by atomic mass is 35.5. The van der Waals surface area contributed by atoms with Gasteiger partial charge < -0.3 is 0 Å². The van der Waals surface area contributed by atoms with Crippen molar-refractivity contribution >= 4 is 23.2 Å². The van der Waals surface area contributed by atoms with Crippen LogP contribution in [0, 0.1) is 5.82 Å². The van der Waals surface area contributed by atoms with Crippen LogP contribution in [0.15, 0.2) is 36.5 Å². The van der Waals surface area contributed by atoms with Gasteiger partial charge in [-0.1, -0.05) is 23.2 Å². The van der Waals surface area contributed by atoms with E-state index in [0.717, 1.165) is 0 Å². The summed E-state index contributed by atoms with van der Waals surface area (Å²) in [5, 5.41) is 0.903. The SMILES string of the molecule is Fc1cccnc1-c1ccc(Cl)cc1Cl. The van der Waals surface area contributed by atoms with Crippen molar-refractivity contribution in [1.82, 2.24) is 4.98 Å². The molecule has 2 aromatic rings. The number of pyridine rings is 1. The molecule has 0 atom stereocenters. The maximum atomic E-state index is 13.4. The highest BCUT2D eigenvalue weighted by Gasteiger charge is 2.09. The Labute approximate surface area is 96.5 Å². The second kappa shape index (κ2) is 4.17. The summed E-state index contributed by atoms with van der Waals surface area (Å²) in [6, 6.07) is 7.73. The van der Waals surface area contributed by atoms with E-state index >= 15 is 0 Å². The average molecular weight is 242 g/mol. The second-order valence-corrected chi connectivity index (χ2v) is 3.80. The molecule has 0 bridgehead atoms. The molecule has 0 saturated heterocycles. The Bertz CT molecular complexity index is 500. The molecular weight excluding hydrogens is 236 g/mol. The number of nitrogens with zero attached hydrogens (tertiary/aromatic N) is 1. The van der Waals surface area contributed by atoms with Crippen LogP contribution in [0.1, 0.15) is 0 Å². The van der Waals surface area contributed by atoms with Crippen LogP contribution >= 0.6 is 23.2 Å². The fraction of sp³-hybridized carbons (Fsp3) is 0. The van der Waals surface area contributed by atoms with Crippen LogP contribution < -0.4 is 0 Å². The number of aromatic nitrogens is 1. The van der Waals surface area contributed by atoms with E-state index in [1.165, 1.54) is 18.3 Å². The maximum absolute atomic E-state index is 13.4. The summed E-state index contributed by atoms with van der Waals surface area (Å²) < 4.78 is 13.4. The molecule has 4 heteroatoms. The van der Waals surface area contributed by atoms with E-state index < -0.39 is 5.82 Å². The molecule has 0 radical (unpaired) electrons. The van der Waals surface area contributed by atoms with Gasteiger partial charge in [0, 0.05) is 16.8 Å². The van der Waals surface area contributed by atoms with Crippen molar-refractivity contribution in [2.75, 3.05) is 0 Å². The first kappa shape index (κ1) is 10.4. The summed E-state index contributed by atoms with van der Waals surface area (Å²) >= 11 is 11.7. The lowest BCUT2D eigenvalue weighted by atomic mass is 10.1. The molecule has 76 valence electrons. The van der Waals surface area contributed by atoms with E-state index in [2.05, 4.69) is 4.98 Å². The molecule has 0 fully saturated rings. The van der Waals surface area contributed by atoms with Crippen LogP contribution in [-0.4, -0.2) is 4.98 Å². The van der Waals surface area contributed by atoms with E-state index in [0.29, 0.717) is 15.6 Å². The Morgan fingerprint density at radius 2 is 1.93 bits per heavy atom. The lowest BCUT2D eigenvalue weighted by Crippen LogP contribution is -1.88. The Balaban J connectivity index is 2.60. The van der Waals surface area contributed by atoms with Crippen LogP contribution in [0.4, 0.5) is 4.39 Å². The van der Waals surface area contributed by atoms with Crippen molar-refractivity contribution in [2.45, 2.75) is 0 Å². The molecule has 0 unspecified atom stereocenters. The molecule has 2 rings (SSSR count). The fourth-order valence-electron chi connectivity index (χ4n) is 1.27. The maximum Gasteiger partial charge on any atom is 0.149 e. The minimum atomic E-state index is -0.401. The van der Waals surface area contributed by atoms with Gasteiger partial charge in [-0.15, -0.1) is 0 Å². The molecule has 0 spiro atoms. The van der Waals surface area contributed by atoms with Crippen LogP contribution in [0.25, 0.3) is 11.3 Å². The Morgan fingerprint density at radius 3 is 2.60 bits per heavy atom. The van der Waals surface area contributed by atoms with Gasteiger partial charge in [0.15, 0.2) is 0 Å². The lowest BCUT2D eigenvalue weighted by molar-refractivity contribution is 0.626. The first-order chi connectivity index (χ1) is 7.18. The predicted molar refractivity (Wildman–Crippen MR) is 59.7 cm³/mol. The summed E-state index contributed by atoms with van der Waals surface area (Å²) in [6.45, 7) is 0. The summed E-state index contributed by atoms with van der Waals surface area (Å²) in [5.74, 6) is -0.401. The van der Waals surface area contributed by atoms with Gasteiger partial charge in [0.1, 0.15) is 11.5 Å². The molecule has 15 heavy (non-hydrogen) atoms. The molecule has 0 aliphatic carbocycles. The molecule has 0 amide bonds. The Hall–Kier alpha value is -1.12. The Morgan fingerprint density at radius 1 is 1.13 bits per heavy atom. The first-order valence-corrected chi connectivity index (χ1v) is 5.00. The van der Waals surface area contributed by atoms with Gasteiger partial charge in [0.2, 0.25) is 0 Å². The molecule has 0 N–H and O–H groups in total. The molecule has 0 aliphatic rings. The monoisotopic (exact) mass is 241 g/mol. The van der Waals surface area contributed by atoms with Gasteiger partial charge >= 0.3 is 0 Å². The molecule has 0 aliphatic heterocycles. The van der Waals surface area contributed by atoms with Gasteiger partial charge in [0.05, 0.1) is 5.02 Å². The number of halogens is 3. The largest absolute Gasteiger partial charge is 0.253 e. The summed E-state index contributed by atoms with van der Waals surface area (Å²) in [6.07, 6.45) is 1.52. The van der Waals surface area contributed by atoms with Crippen LogP contribution in [0.5, 0.6) is 0 Å². The zero-order chi connectivity index (χ0) is 10.8. The van der Waals surface area contributed by atoms with Gasteiger partial charge in [-0.05, 0) is 30.3 Å². The number of benzene rings is 1. The second-order valence-electron chi connectivity index (χ2n) is 2.96. The molecule has 1 aromatic heterocycles. The molecule has 1 heterocycles. The third-order valence-corrected chi connectivity index (χ3v) is 2.49. The third kappa shape index (κ3) is 2.11. The van der Waals surface area contributed by atoms with E-state index in [1.807, 2.05) is 0 Å². The predicted octanol–water partition coefficient (Wildman–Crippen LogP) is 4.19. The molecule has 1 nitrogen and oxygen atoms in total. The fourth-order valence-corrected chi connectivity index (χ4v) is 1.76. The van der Waals surface area contributed by atoms with Gasteiger partial charge in [-0.2, -0.15) is 0 Å². The van der Waals surface area contributed by atoms with E-state index in [-0.39, 0.29) is 5.69 Å². The topological polar surface area (TPSA) is 12.9 Å². The quantitative estimate of drug-likeness (QED) is 0.730. The van der Waals surface area contributed by atoms with E-state index in [9.17, 15) is 4.39 Å². The third-order valence-electron chi connectivity index (χ3n) is 1.94. The zero-order valence-electron chi connectivity index (χ0n) is 7.55. The van der Waals surface area contributed by atoms with E-state index in [1.54, 1.807) is 18.2 Å². The van der Waals surface area contributed by atoms with Gasteiger partial charge in [-0.25, -0.2) is 4.39 Å². The van der Waals surface area contributed by atoms with Crippen molar-refractivity contribution in [2.24, 2.45) is 0 Å². The molecular formula is C11H6Cl2FN. The summed E-state index contributed by atoms with van der Waals surface area (Å²) in [7, 11) is 0. The molecule has 0 saturated carbocycles. The van der Waals surface area contributed by atoms with Crippen molar-refractivity contribution in [3.8, 4) is 11.3 Å². The van der Waals surface area contributed by atoms with Gasteiger partial charge in [0.25, 0.3) is 0 Å². The van der Waals surface area contributed by atoms with Crippen LogP contribution in [0.3, 0.4) is 0 Å². The van der Waals surface area contributed by atoms with Crippen molar-refractivity contribution < 1.29 is 4.39 Å². The zero-order valence-corrected chi connectivity index (χ0v) is 9.06. The number of rotatable bonds is 1. The minimum Gasteiger partial charge on any atom is -0.253 e. The number of hydrogen-bond acceptors (Lipinski definition) is 1. The normalized spacial score (nSPS) is 10.3. The van der Waals surface area contributed by atoms with Crippen molar-refractivity contribution in [1.29, 1.82) is 0 Å². The Kier molecular flexibility index (Phi) is 2.89. The van der Waals surface area contributed by atoms with E-state index in [4.69, 9.17) is 23.2 Å². The van der Waals surface area contributed by atoms with Crippen LogP contribution in [0.2, 0.25) is 10.0 Å². The average Bonchev–Trinajstić information content (AvgIpc) is 2.20. The van der Waals surface area contributed by atoms with Crippen molar-refractivity contribution in [3.63, 3.8) is 0 Å². The standard InChI is InChI=1S/C11H6Cl2FN/c12-7-3-4-8(9(13)6-7)11-10(14)2-1-5-15-11/h1-6H. The van der Waals surface area contributed by atoms with Crippen molar-refractivity contribution in [3.05, 3.63) is 52.4 Å². The minimum absolute atomic E-state index is 0.235. The van der Waals surface area contributed by atoms with Gasteiger partial charge in [-0.3, -0.25) is 4.98 Å². The molecule has 1 aromatic carbocycles. The smallest absolute Gasteiger partial charge is 0.149 e. The number of hydrogen-bond donors (Lipinski definition) is 0. The highest BCUT2D eigenvalue weighted by Crippen LogP contribution is 2.30. The first-order valence-electron chi connectivity index (χ1n) is 4.24. The highest BCUT2D eigenvalue weighted by molar-refractivity contribution is 6.36.